The van der Waals surface area contributed by atoms with Crippen LogP contribution in [0.25, 0.3) is 10.1 Å². The number of fused-ring (bicyclic) bond motifs is 1. The molecule has 1 N–H and O–H groups in total. The molecule has 3 aromatic rings. The van der Waals surface area contributed by atoms with Gasteiger partial charge in [0.15, 0.2) is 5.75 Å². The van der Waals surface area contributed by atoms with Crippen molar-refractivity contribution in [2.75, 3.05) is 0 Å². The van der Waals surface area contributed by atoms with E-state index in [1.165, 1.54) is 55.4 Å². The number of aryl methyl sites for hydroxylation is 1. The Balaban J connectivity index is 1.60. The highest BCUT2D eigenvalue weighted by atomic mass is 32.1. The molecule has 0 saturated carbocycles. The van der Waals surface area contributed by atoms with E-state index < -0.39 is 5.97 Å². The summed E-state index contributed by atoms with van der Waals surface area (Å²) in [5.74, 6) is 0.389. The number of benzene rings is 1. The molecule has 0 amide bonds. The summed E-state index contributed by atoms with van der Waals surface area (Å²) in [7, 11) is 0. The summed E-state index contributed by atoms with van der Waals surface area (Å²) >= 11 is 1.21. The number of pyridine rings is 1. The van der Waals surface area contributed by atoms with E-state index >= 15 is 0 Å². The summed E-state index contributed by atoms with van der Waals surface area (Å²) in [6, 6.07) is 9.79. The van der Waals surface area contributed by atoms with Gasteiger partial charge in [0, 0.05) is 11.6 Å². The quantitative estimate of drug-likeness (QED) is 0.396. The Morgan fingerprint density at radius 2 is 1.81 bits per heavy atom. The first-order valence-electron chi connectivity index (χ1n) is 9.55. The molecule has 0 saturated heterocycles. The highest BCUT2D eigenvalue weighted by Crippen LogP contribution is 2.34. The molecule has 0 spiro atoms. The first-order valence-corrected chi connectivity index (χ1v) is 10.4. The highest BCUT2D eigenvalue weighted by molar-refractivity contribution is 7.20. The van der Waals surface area contributed by atoms with Gasteiger partial charge in [-0.1, -0.05) is 51.2 Å². The van der Waals surface area contributed by atoms with Crippen molar-refractivity contribution in [2.45, 2.75) is 51.9 Å². The van der Waals surface area contributed by atoms with Crippen LogP contribution >= 0.6 is 11.3 Å². The molecule has 0 radical (unpaired) electrons. The molecular weight excluding hydrogens is 358 g/mol. The van der Waals surface area contributed by atoms with Crippen LogP contribution in [0.5, 0.6) is 11.5 Å². The van der Waals surface area contributed by atoms with Gasteiger partial charge in [0.1, 0.15) is 10.6 Å². The molecule has 142 valence electrons. The fraction of sp³-hybridized carbons (Fsp3) is 0.364. The summed E-state index contributed by atoms with van der Waals surface area (Å²) in [4.78, 5) is 15.6. The summed E-state index contributed by atoms with van der Waals surface area (Å²) < 4.78 is 6.77. The average molecular weight is 384 g/mol. The van der Waals surface area contributed by atoms with Gasteiger partial charge >= 0.3 is 5.97 Å². The number of ether oxygens (including phenoxy) is 1. The van der Waals surface area contributed by atoms with E-state index in [4.69, 9.17) is 4.74 Å². The van der Waals surface area contributed by atoms with E-state index in [2.05, 4.69) is 24.0 Å². The molecule has 0 fully saturated rings. The second-order valence-corrected chi connectivity index (χ2v) is 7.81. The van der Waals surface area contributed by atoms with Crippen LogP contribution in [0.2, 0.25) is 0 Å². The van der Waals surface area contributed by atoms with E-state index in [1.807, 2.05) is 12.1 Å². The van der Waals surface area contributed by atoms with Crippen LogP contribution in [0, 0.1) is 0 Å². The highest BCUT2D eigenvalue weighted by Gasteiger charge is 2.12. The number of aromatic nitrogens is 1. The Morgan fingerprint density at radius 3 is 2.56 bits per heavy atom. The van der Waals surface area contributed by atoms with Crippen molar-refractivity contribution in [3.63, 3.8) is 0 Å². The first kappa shape index (κ1) is 19.4. The lowest BCUT2D eigenvalue weighted by molar-refractivity contribution is 0.0702. The van der Waals surface area contributed by atoms with Gasteiger partial charge in [-0.3, -0.25) is 4.98 Å². The number of thiophene rings is 1. The molecule has 0 bridgehead atoms. The number of hydrogen-bond acceptors (Lipinski definition) is 4. The van der Waals surface area contributed by atoms with Gasteiger partial charge < -0.3 is 9.84 Å². The second-order valence-electron chi connectivity index (χ2n) is 6.73. The largest absolute Gasteiger partial charge is 0.477 e. The van der Waals surface area contributed by atoms with Gasteiger partial charge in [-0.2, -0.15) is 0 Å². The third kappa shape index (κ3) is 5.30. The van der Waals surface area contributed by atoms with E-state index in [1.54, 1.807) is 18.5 Å². The normalized spacial score (nSPS) is 11.0. The van der Waals surface area contributed by atoms with Crippen LogP contribution in [-0.2, 0) is 6.42 Å². The van der Waals surface area contributed by atoms with Crippen LogP contribution in [-0.4, -0.2) is 16.1 Å². The Labute approximate surface area is 163 Å². The minimum absolute atomic E-state index is 0.289. The maximum atomic E-state index is 11.2. The van der Waals surface area contributed by atoms with E-state index in [9.17, 15) is 9.90 Å². The number of rotatable bonds is 10. The van der Waals surface area contributed by atoms with Crippen molar-refractivity contribution in [3.8, 4) is 11.5 Å². The van der Waals surface area contributed by atoms with Crippen molar-refractivity contribution < 1.29 is 14.6 Å². The number of nitrogens with zero attached hydrogens (tertiary/aromatic N) is 1. The lowest BCUT2D eigenvalue weighted by atomic mass is 10.0. The fourth-order valence-corrected chi connectivity index (χ4v) is 3.97. The smallest absolute Gasteiger partial charge is 0.345 e. The van der Waals surface area contributed by atoms with Gasteiger partial charge in [-0.15, -0.1) is 11.3 Å². The Kier molecular flexibility index (Phi) is 6.82. The lowest BCUT2D eigenvalue weighted by Crippen LogP contribution is -1.90. The van der Waals surface area contributed by atoms with Gasteiger partial charge in [-0.25, -0.2) is 4.79 Å². The van der Waals surface area contributed by atoms with Gasteiger partial charge in [-0.05, 0) is 36.6 Å². The molecule has 0 aliphatic carbocycles. The standard InChI is InChI=1S/C22H25NO3S/c1-2-3-4-5-6-7-8-16-9-11-17(12-10-16)26-19-14-23-15-21-18(19)13-20(27-21)22(24)25/h9-15H,2-8H2,1H3,(H,24,25). The number of unbranched alkanes of at least 4 members (excludes halogenated alkanes) is 5. The fourth-order valence-electron chi connectivity index (χ4n) is 3.08. The predicted molar refractivity (Wildman–Crippen MR) is 110 cm³/mol. The third-order valence-corrected chi connectivity index (χ3v) is 5.65. The van der Waals surface area contributed by atoms with Crippen LogP contribution in [0.1, 0.15) is 60.7 Å². The van der Waals surface area contributed by atoms with Crippen LogP contribution in [0.3, 0.4) is 0 Å². The molecule has 0 aliphatic rings. The summed E-state index contributed by atoms with van der Waals surface area (Å²) in [5.41, 5.74) is 1.32. The zero-order valence-corrected chi connectivity index (χ0v) is 16.4. The molecule has 4 nitrogen and oxygen atoms in total. The average Bonchev–Trinajstić information content (AvgIpc) is 3.12. The molecule has 0 aliphatic heterocycles. The number of aromatic carboxylic acids is 1. The Hall–Kier alpha value is -2.40. The minimum Gasteiger partial charge on any atom is -0.477 e. The van der Waals surface area contributed by atoms with Crippen molar-refractivity contribution in [3.05, 3.63) is 53.2 Å². The van der Waals surface area contributed by atoms with Crippen LogP contribution in [0.15, 0.2) is 42.7 Å². The monoisotopic (exact) mass is 383 g/mol. The molecule has 2 aromatic heterocycles. The van der Waals surface area contributed by atoms with Crippen LogP contribution < -0.4 is 4.74 Å². The number of carbonyl (C=O) groups is 1. The van der Waals surface area contributed by atoms with Crippen LogP contribution in [0.4, 0.5) is 0 Å². The van der Waals surface area contributed by atoms with Gasteiger partial charge in [0.05, 0.1) is 10.9 Å². The first-order chi connectivity index (χ1) is 13.2. The van der Waals surface area contributed by atoms with Gasteiger partial charge in [0.2, 0.25) is 0 Å². The summed E-state index contributed by atoms with van der Waals surface area (Å²) in [5, 5.41) is 9.96. The van der Waals surface area contributed by atoms with E-state index in [0.717, 1.165) is 22.3 Å². The molecule has 5 heteroatoms. The molecule has 27 heavy (non-hydrogen) atoms. The molecule has 0 atom stereocenters. The zero-order chi connectivity index (χ0) is 19.1. The van der Waals surface area contributed by atoms with Gasteiger partial charge in [0.25, 0.3) is 0 Å². The van der Waals surface area contributed by atoms with E-state index in [-0.39, 0.29) is 4.88 Å². The third-order valence-electron chi connectivity index (χ3n) is 4.59. The summed E-state index contributed by atoms with van der Waals surface area (Å²) in [6.07, 6.45) is 12.2. The lowest BCUT2D eigenvalue weighted by Gasteiger charge is -2.08. The number of carboxylic acids is 1. The second kappa shape index (κ2) is 9.51. The molecule has 0 unspecified atom stereocenters. The Morgan fingerprint density at radius 1 is 1.07 bits per heavy atom. The zero-order valence-electron chi connectivity index (χ0n) is 15.6. The molecule has 1 aromatic carbocycles. The number of hydrogen-bond donors (Lipinski definition) is 1. The molecule has 2 heterocycles. The van der Waals surface area contributed by atoms with Crippen molar-refractivity contribution in [2.24, 2.45) is 0 Å². The summed E-state index contributed by atoms with van der Waals surface area (Å²) in [6.45, 7) is 2.24. The molecule has 3 rings (SSSR count). The number of carboxylic acid groups (broad SMARTS) is 1. The van der Waals surface area contributed by atoms with E-state index in [0.29, 0.717) is 5.75 Å². The topological polar surface area (TPSA) is 59.4 Å². The maximum Gasteiger partial charge on any atom is 0.345 e. The Bertz CT molecular complexity index is 886. The minimum atomic E-state index is -0.929. The van der Waals surface area contributed by atoms with Crippen molar-refractivity contribution in [1.29, 1.82) is 0 Å². The maximum absolute atomic E-state index is 11.2. The molecular formula is C22H25NO3S. The van der Waals surface area contributed by atoms with Crippen molar-refractivity contribution >= 4 is 27.4 Å². The predicted octanol–water partition coefficient (Wildman–Crippen LogP) is 6.69. The van der Waals surface area contributed by atoms with Crippen molar-refractivity contribution in [1.82, 2.24) is 4.98 Å². The SMILES string of the molecule is CCCCCCCCc1ccc(Oc2cncc3sc(C(=O)O)cc23)cc1.